The zero-order valence-electron chi connectivity index (χ0n) is 17.9. The summed E-state index contributed by atoms with van der Waals surface area (Å²) in [4.78, 5) is 14.4. The number of benzene rings is 2. The van der Waals surface area contributed by atoms with E-state index in [0.29, 0.717) is 36.9 Å². The van der Waals surface area contributed by atoms with Gasteiger partial charge in [-0.3, -0.25) is 0 Å². The number of nitrogens with zero attached hydrogens (tertiary/aromatic N) is 1. The number of fused-ring (bicyclic) bond motifs is 1. The highest BCUT2D eigenvalue weighted by atomic mass is 16.5. The third kappa shape index (κ3) is 4.86. The molecule has 0 aliphatic carbocycles. The molecule has 7 heteroatoms. The fourth-order valence-corrected chi connectivity index (χ4v) is 3.24. The molecule has 30 heavy (non-hydrogen) atoms. The zero-order valence-corrected chi connectivity index (χ0v) is 17.9. The number of carbonyl (C=O) groups is 1. The number of anilines is 1. The van der Waals surface area contributed by atoms with Gasteiger partial charge in [-0.25, -0.2) is 4.79 Å². The molecule has 0 saturated carbocycles. The molecule has 0 radical (unpaired) electrons. The van der Waals surface area contributed by atoms with Gasteiger partial charge in [0, 0.05) is 43.3 Å². The first kappa shape index (κ1) is 21.5. The van der Waals surface area contributed by atoms with Gasteiger partial charge >= 0.3 is 6.03 Å². The van der Waals surface area contributed by atoms with Crippen LogP contribution in [0.5, 0.6) is 11.5 Å². The van der Waals surface area contributed by atoms with Crippen LogP contribution in [0.15, 0.2) is 46.9 Å². The van der Waals surface area contributed by atoms with Crippen molar-refractivity contribution < 1.29 is 23.4 Å². The van der Waals surface area contributed by atoms with Gasteiger partial charge in [-0.05, 0) is 18.2 Å². The van der Waals surface area contributed by atoms with Crippen molar-refractivity contribution >= 4 is 22.7 Å². The van der Waals surface area contributed by atoms with Crippen LogP contribution in [-0.2, 0) is 17.7 Å². The number of furan rings is 1. The summed E-state index contributed by atoms with van der Waals surface area (Å²) in [6.45, 7) is 3.33. The fourth-order valence-electron chi connectivity index (χ4n) is 3.24. The molecule has 0 saturated heterocycles. The Morgan fingerprint density at radius 2 is 1.90 bits per heavy atom. The number of aryl methyl sites for hydroxylation is 1. The van der Waals surface area contributed by atoms with E-state index in [1.807, 2.05) is 31.2 Å². The van der Waals surface area contributed by atoms with Gasteiger partial charge in [-0.1, -0.05) is 25.1 Å². The molecular weight excluding hydrogens is 384 g/mol. The summed E-state index contributed by atoms with van der Waals surface area (Å²) in [6, 6.07) is 12.9. The average Bonchev–Trinajstić information content (AvgIpc) is 3.11. The minimum Gasteiger partial charge on any atom is -0.493 e. The number of hydrogen-bond donors (Lipinski definition) is 1. The molecule has 1 heterocycles. The van der Waals surface area contributed by atoms with Crippen molar-refractivity contribution in [2.45, 2.75) is 19.9 Å². The van der Waals surface area contributed by atoms with Gasteiger partial charge < -0.3 is 28.8 Å². The van der Waals surface area contributed by atoms with Crippen LogP contribution in [0.4, 0.5) is 10.5 Å². The van der Waals surface area contributed by atoms with Gasteiger partial charge in [-0.2, -0.15) is 0 Å². The number of nitrogens with one attached hydrogen (secondary N) is 1. The third-order valence-corrected chi connectivity index (χ3v) is 4.80. The van der Waals surface area contributed by atoms with E-state index in [2.05, 4.69) is 5.32 Å². The first-order chi connectivity index (χ1) is 14.6. The van der Waals surface area contributed by atoms with Crippen molar-refractivity contribution in [2.75, 3.05) is 39.8 Å². The van der Waals surface area contributed by atoms with Crippen molar-refractivity contribution in [3.8, 4) is 11.5 Å². The van der Waals surface area contributed by atoms with Crippen LogP contribution in [0, 0.1) is 0 Å². The van der Waals surface area contributed by atoms with Gasteiger partial charge in [0.2, 0.25) is 0 Å². The average molecular weight is 412 g/mol. The van der Waals surface area contributed by atoms with Crippen molar-refractivity contribution in [3.05, 3.63) is 53.8 Å². The summed E-state index contributed by atoms with van der Waals surface area (Å²) in [6.07, 6.45) is 0.764. The molecule has 1 aromatic heterocycles. The first-order valence-corrected chi connectivity index (χ1v) is 9.88. The second kappa shape index (κ2) is 10.0. The SMILES string of the molecule is CCc1oc2ccccc2c1CN(C)C(=O)Nc1ccc(OC)c(OCCOC)c1. The lowest BCUT2D eigenvalue weighted by atomic mass is 10.1. The summed E-state index contributed by atoms with van der Waals surface area (Å²) in [7, 11) is 4.95. The second-order valence-electron chi connectivity index (χ2n) is 6.85. The smallest absolute Gasteiger partial charge is 0.321 e. The van der Waals surface area contributed by atoms with Gasteiger partial charge in [0.1, 0.15) is 18.0 Å². The van der Waals surface area contributed by atoms with Crippen LogP contribution in [0.3, 0.4) is 0 Å². The van der Waals surface area contributed by atoms with Crippen LogP contribution < -0.4 is 14.8 Å². The van der Waals surface area contributed by atoms with Crippen LogP contribution in [0.1, 0.15) is 18.2 Å². The van der Waals surface area contributed by atoms with Gasteiger partial charge in [-0.15, -0.1) is 0 Å². The molecule has 2 amide bonds. The molecule has 160 valence electrons. The first-order valence-electron chi connectivity index (χ1n) is 9.88. The van der Waals surface area contributed by atoms with Gasteiger partial charge in [0.15, 0.2) is 11.5 Å². The highest BCUT2D eigenvalue weighted by Gasteiger charge is 2.18. The monoisotopic (exact) mass is 412 g/mol. The quantitative estimate of drug-likeness (QED) is 0.516. The van der Waals surface area contributed by atoms with E-state index >= 15 is 0 Å². The predicted octanol–water partition coefficient (Wildman–Crippen LogP) is 4.69. The van der Waals surface area contributed by atoms with E-state index < -0.39 is 0 Å². The lowest BCUT2D eigenvalue weighted by Crippen LogP contribution is -2.31. The maximum atomic E-state index is 12.8. The van der Waals surface area contributed by atoms with E-state index in [1.165, 1.54) is 0 Å². The summed E-state index contributed by atoms with van der Waals surface area (Å²) < 4.78 is 22.0. The molecule has 0 fully saturated rings. The van der Waals surface area contributed by atoms with Crippen LogP contribution in [-0.4, -0.2) is 45.4 Å². The molecule has 7 nitrogen and oxygen atoms in total. The number of para-hydroxylation sites is 1. The molecular formula is C23H28N2O5. The normalized spacial score (nSPS) is 10.8. The van der Waals surface area contributed by atoms with Crippen molar-refractivity contribution in [1.82, 2.24) is 4.90 Å². The highest BCUT2D eigenvalue weighted by molar-refractivity contribution is 5.90. The Morgan fingerprint density at radius 3 is 2.63 bits per heavy atom. The number of rotatable bonds is 9. The molecule has 0 aliphatic rings. The Bertz CT molecular complexity index is 998. The molecule has 3 aromatic rings. The van der Waals surface area contributed by atoms with Crippen molar-refractivity contribution in [2.24, 2.45) is 0 Å². The minimum absolute atomic E-state index is 0.227. The lowest BCUT2D eigenvalue weighted by Gasteiger charge is -2.19. The molecule has 1 N–H and O–H groups in total. The number of methoxy groups -OCH3 is 2. The Morgan fingerprint density at radius 1 is 1.10 bits per heavy atom. The van der Waals surface area contributed by atoms with Crippen LogP contribution >= 0.6 is 0 Å². The molecule has 2 aromatic carbocycles. The van der Waals surface area contributed by atoms with E-state index in [0.717, 1.165) is 28.7 Å². The van der Waals surface area contributed by atoms with E-state index in [9.17, 15) is 4.79 Å². The minimum atomic E-state index is -0.227. The van der Waals surface area contributed by atoms with Crippen molar-refractivity contribution in [1.29, 1.82) is 0 Å². The van der Waals surface area contributed by atoms with E-state index in [-0.39, 0.29) is 6.03 Å². The zero-order chi connectivity index (χ0) is 21.5. The van der Waals surface area contributed by atoms with E-state index in [4.69, 9.17) is 18.6 Å². The molecule has 0 spiro atoms. The highest BCUT2D eigenvalue weighted by Crippen LogP contribution is 2.31. The number of amides is 2. The standard InChI is InChI=1S/C23H28N2O5/c1-5-19-18(17-8-6-7-9-20(17)30-19)15-25(2)23(26)24-16-10-11-21(28-4)22(14-16)29-13-12-27-3/h6-11,14H,5,12-13,15H2,1-4H3,(H,24,26). The Kier molecular flexibility index (Phi) is 7.19. The lowest BCUT2D eigenvalue weighted by molar-refractivity contribution is 0.144. The number of carbonyl (C=O) groups excluding carboxylic acids is 1. The molecule has 0 unspecified atom stereocenters. The van der Waals surface area contributed by atoms with E-state index in [1.54, 1.807) is 44.4 Å². The maximum Gasteiger partial charge on any atom is 0.321 e. The van der Waals surface area contributed by atoms with Gasteiger partial charge in [0.25, 0.3) is 0 Å². The third-order valence-electron chi connectivity index (χ3n) is 4.80. The summed E-state index contributed by atoms with van der Waals surface area (Å²) in [5.74, 6) is 2.04. The number of urea groups is 1. The number of ether oxygens (including phenoxy) is 3. The van der Waals surface area contributed by atoms with Crippen LogP contribution in [0.25, 0.3) is 11.0 Å². The Balaban J connectivity index is 1.72. The summed E-state index contributed by atoms with van der Waals surface area (Å²) >= 11 is 0. The number of hydrogen-bond acceptors (Lipinski definition) is 5. The molecule has 0 bridgehead atoms. The second-order valence-corrected chi connectivity index (χ2v) is 6.85. The molecule has 0 aliphatic heterocycles. The predicted molar refractivity (Wildman–Crippen MR) is 116 cm³/mol. The maximum absolute atomic E-state index is 12.8. The van der Waals surface area contributed by atoms with Crippen LogP contribution in [0.2, 0.25) is 0 Å². The topological polar surface area (TPSA) is 73.2 Å². The fraction of sp³-hybridized carbons (Fsp3) is 0.348. The summed E-state index contributed by atoms with van der Waals surface area (Å²) in [5.41, 5.74) is 2.49. The molecule has 0 atom stereocenters. The van der Waals surface area contributed by atoms with Gasteiger partial charge in [0.05, 0.1) is 20.3 Å². The summed E-state index contributed by atoms with van der Waals surface area (Å²) in [5, 5.41) is 3.95. The van der Waals surface area contributed by atoms with Crippen molar-refractivity contribution in [3.63, 3.8) is 0 Å². The molecule has 3 rings (SSSR count). The Hall–Kier alpha value is -3.19. The Labute approximate surface area is 176 Å². The largest absolute Gasteiger partial charge is 0.493 e.